The summed E-state index contributed by atoms with van der Waals surface area (Å²) in [6, 6.07) is 10.9. The predicted molar refractivity (Wildman–Crippen MR) is 90.8 cm³/mol. The average molecular weight is 380 g/mol. The zero-order chi connectivity index (χ0) is 16.7. The number of likely N-dealkylation sites (N-methyl/N-ethyl adjacent to an activating group) is 1. The van der Waals surface area contributed by atoms with Crippen molar-refractivity contribution in [2.24, 2.45) is 0 Å². The van der Waals surface area contributed by atoms with Gasteiger partial charge in [-0.15, -0.1) is 0 Å². The van der Waals surface area contributed by atoms with Gasteiger partial charge in [-0.1, -0.05) is 12.1 Å². The summed E-state index contributed by atoms with van der Waals surface area (Å²) in [5.74, 6) is 0.284. The van der Waals surface area contributed by atoms with Gasteiger partial charge in [0.05, 0.1) is 31.6 Å². The molecule has 2 aromatic rings. The van der Waals surface area contributed by atoms with Crippen molar-refractivity contribution in [3.05, 3.63) is 52.9 Å². The Labute approximate surface area is 143 Å². The fraction of sp³-hybridized carbons (Fsp3) is 0.250. The number of hydrogen-bond acceptors (Lipinski definition) is 4. The van der Waals surface area contributed by atoms with E-state index in [-0.39, 0.29) is 24.9 Å². The van der Waals surface area contributed by atoms with Crippen LogP contribution in [0.2, 0.25) is 0 Å². The first kappa shape index (κ1) is 17.2. The molecule has 0 fully saturated rings. The summed E-state index contributed by atoms with van der Waals surface area (Å²) in [4.78, 5) is 25.5. The molecule has 1 heterocycles. The van der Waals surface area contributed by atoms with Crippen LogP contribution in [-0.4, -0.2) is 36.9 Å². The van der Waals surface area contributed by atoms with Gasteiger partial charge in [0.2, 0.25) is 11.8 Å². The number of benzene rings is 1. The minimum atomic E-state index is -0.279. The number of rotatable bonds is 7. The molecule has 0 atom stereocenters. The third kappa shape index (κ3) is 5.88. The second-order valence-electron chi connectivity index (χ2n) is 5.06. The lowest BCUT2D eigenvalue weighted by molar-refractivity contribution is -0.124. The number of nitrogens with zero attached hydrogens (tertiary/aromatic N) is 1. The van der Waals surface area contributed by atoms with E-state index >= 15 is 0 Å². The van der Waals surface area contributed by atoms with Crippen LogP contribution in [0.15, 0.2) is 51.6 Å². The molecule has 0 bridgehead atoms. The Bertz CT molecular complexity index is 658. The second kappa shape index (κ2) is 8.50. The SMILES string of the molecule is CN(CC(=O)NCC(=O)Nc1ccccc1Br)Cc1ccco1. The van der Waals surface area contributed by atoms with E-state index in [4.69, 9.17) is 4.42 Å². The quantitative estimate of drug-likeness (QED) is 0.773. The Morgan fingerprint density at radius 3 is 2.65 bits per heavy atom. The van der Waals surface area contributed by atoms with E-state index in [1.54, 1.807) is 23.3 Å². The summed E-state index contributed by atoms with van der Waals surface area (Å²) >= 11 is 3.35. The Balaban J connectivity index is 1.71. The average Bonchev–Trinajstić information content (AvgIpc) is 3.00. The molecule has 23 heavy (non-hydrogen) atoms. The van der Waals surface area contributed by atoms with Crippen LogP contribution in [0.3, 0.4) is 0 Å². The first-order valence-corrected chi connectivity index (χ1v) is 7.86. The van der Waals surface area contributed by atoms with Crippen LogP contribution in [-0.2, 0) is 16.1 Å². The van der Waals surface area contributed by atoms with Gasteiger partial charge >= 0.3 is 0 Å². The van der Waals surface area contributed by atoms with Crippen LogP contribution in [0.25, 0.3) is 0 Å². The lowest BCUT2D eigenvalue weighted by atomic mass is 10.3. The molecule has 0 unspecified atom stereocenters. The number of halogens is 1. The second-order valence-corrected chi connectivity index (χ2v) is 5.91. The molecule has 7 heteroatoms. The number of amides is 2. The topological polar surface area (TPSA) is 74.6 Å². The molecule has 2 amide bonds. The number of carbonyl (C=O) groups excluding carboxylic acids is 2. The lowest BCUT2D eigenvalue weighted by Crippen LogP contribution is -2.39. The molecule has 6 nitrogen and oxygen atoms in total. The molecule has 0 saturated carbocycles. The fourth-order valence-electron chi connectivity index (χ4n) is 1.96. The predicted octanol–water partition coefficient (Wildman–Crippen LogP) is 2.23. The largest absolute Gasteiger partial charge is 0.468 e. The number of nitrogens with one attached hydrogen (secondary N) is 2. The zero-order valence-electron chi connectivity index (χ0n) is 12.7. The fourth-order valence-corrected chi connectivity index (χ4v) is 2.35. The molecule has 0 aliphatic carbocycles. The van der Waals surface area contributed by atoms with Gasteiger partial charge in [-0.05, 0) is 47.2 Å². The summed E-state index contributed by atoms with van der Waals surface area (Å²) in [6.07, 6.45) is 1.59. The highest BCUT2D eigenvalue weighted by molar-refractivity contribution is 9.10. The molecular weight excluding hydrogens is 362 g/mol. The van der Waals surface area contributed by atoms with Crippen LogP contribution in [0.4, 0.5) is 5.69 Å². The van der Waals surface area contributed by atoms with Gasteiger partial charge < -0.3 is 15.1 Å². The van der Waals surface area contributed by atoms with Crippen LogP contribution in [0.5, 0.6) is 0 Å². The molecule has 1 aromatic carbocycles. The maximum absolute atomic E-state index is 11.8. The van der Waals surface area contributed by atoms with Crippen molar-refractivity contribution < 1.29 is 14.0 Å². The van der Waals surface area contributed by atoms with Crippen LogP contribution < -0.4 is 10.6 Å². The van der Waals surface area contributed by atoms with Gasteiger partial charge in [0.25, 0.3) is 0 Å². The molecule has 122 valence electrons. The summed E-state index contributed by atoms with van der Waals surface area (Å²) in [7, 11) is 1.81. The highest BCUT2D eigenvalue weighted by Gasteiger charge is 2.10. The van der Waals surface area contributed by atoms with E-state index in [0.29, 0.717) is 12.2 Å². The Kier molecular flexibility index (Phi) is 6.37. The van der Waals surface area contributed by atoms with Crippen LogP contribution in [0, 0.1) is 0 Å². The molecule has 0 radical (unpaired) electrons. The van der Waals surface area contributed by atoms with E-state index in [9.17, 15) is 9.59 Å². The minimum Gasteiger partial charge on any atom is -0.468 e. The number of anilines is 1. The van der Waals surface area contributed by atoms with Gasteiger partial charge in [0.1, 0.15) is 5.76 Å². The summed E-state index contributed by atoms with van der Waals surface area (Å²) in [6.45, 7) is 0.640. The third-order valence-corrected chi connectivity index (χ3v) is 3.70. The van der Waals surface area contributed by atoms with Crippen LogP contribution in [0.1, 0.15) is 5.76 Å². The van der Waals surface area contributed by atoms with Gasteiger partial charge in [0, 0.05) is 4.47 Å². The van der Waals surface area contributed by atoms with Crippen molar-refractivity contribution in [1.29, 1.82) is 0 Å². The number of hydrogen-bond donors (Lipinski definition) is 2. The number of furan rings is 1. The van der Waals surface area contributed by atoms with Gasteiger partial charge in [0.15, 0.2) is 0 Å². The summed E-state index contributed by atoms with van der Waals surface area (Å²) in [5, 5.41) is 5.32. The third-order valence-electron chi connectivity index (χ3n) is 3.01. The van der Waals surface area contributed by atoms with E-state index in [2.05, 4.69) is 26.6 Å². The zero-order valence-corrected chi connectivity index (χ0v) is 14.3. The van der Waals surface area contributed by atoms with Gasteiger partial charge in [-0.25, -0.2) is 0 Å². The maximum atomic E-state index is 11.8. The Morgan fingerprint density at radius 2 is 1.96 bits per heavy atom. The maximum Gasteiger partial charge on any atom is 0.243 e. The molecule has 0 aliphatic rings. The molecule has 1 aromatic heterocycles. The van der Waals surface area contributed by atoms with E-state index < -0.39 is 0 Å². The minimum absolute atomic E-state index is 0.0746. The highest BCUT2D eigenvalue weighted by atomic mass is 79.9. The van der Waals surface area contributed by atoms with Crippen molar-refractivity contribution in [1.82, 2.24) is 10.2 Å². The smallest absolute Gasteiger partial charge is 0.243 e. The van der Waals surface area contributed by atoms with Gasteiger partial charge in [-0.2, -0.15) is 0 Å². The molecular formula is C16H18BrN3O3. The van der Waals surface area contributed by atoms with Gasteiger partial charge in [-0.3, -0.25) is 14.5 Å². The van der Waals surface area contributed by atoms with E-state index in [1.807, 2.05) is 31.3 Å². The lowest BCUT2D eigenvalue weighted by Gasteiger charge is -2.14. The van der Waals surface area contributed by atoms with E-state index in [0.717, 1.165) is 10.2 Å². The first-order valence-electron chi connectivity index (χ1n) is 7.06. The standard InChI is InChI=1S/C16H18BrN3O3/c1-20(10-12-5-4-8-23-12)11-16(22)18-9-15(21)19-14-7-3-2-6-13(14)17/h2-8H,9-11H2,1H3,(H,18,22)(H,19,21). The molecule has 0 saturated heterocycles. The van der Waals surface area contributed by atoms with Crippen molar-refractivity contribution in [2.45, 2.75) is 6.54 Å². The molecule has 0 aliphatic heterocycles. The number of carbonyl (C=O) groups is 2. The molecule has 0 spiro atoms. The highest BCUT2D eigenvalue weighted by Crippen LogP contribution is 2.20. The summed E-state index contributed by atoms with van der Waals surface area (Å²) < 4.78 is 6.01. The van der Waals surface area contributed by atoms with Crippen LogP contribution >= 0.6 is 15.9 Å². The monoisotopic (exact) mass is 379 g/mol. The summed E-state index contributed by atoms with van der Waals surface area (Å²) in [5.41, 5.74) is 0.668. The molecule has 2 rings (SSSR count). The van der Waals surface area contributed by atoms with Crippen molar-refractivity contribution in [3.8, 4) is 0 Å². The van der Waals surface area contributed by atoms with Crippen molar-refractivity contribution in [2.75, 3.05) is 25.5 Å². The van der Waals surface area contributed by atoms with E-state index in [1.165, 1.54) is 0 Å². The molecule has 2 N–H and O–H groups in total. The Hall–Kier alpha value is -2.12. The first-order chi connectivity index (χ1) is 11.0. The number of para-hydroxylation sites is 1. The van der Waals surface area contributed by atoms with Crippen molar-refractivity contribution in [3.63, 3.8) is 0 Å². The Morgan fingerprint density at radius 1 is 1.17 bits per heavy atom. The van der Waals surface area contributed by atoms with Crippen molar-refractivity contribution >= 4 is 33.4 Å². The normalized spacial score (nSPS) is 10.6.